The van der Waals surface area contributed by atoms with Gasteiger partial charge in [0, 0.05) is 18.9 Å². The van der Waals surface area contributed by atoms with Crippen molar-refractivity contribution >= 4 is 17.6 Å². The minimum atomic E-state index is -0.910. The summed E-state index contributed by atoms with van der Waals surface area (Å²) < 4.78 is 10.2. The molecular formula is C14H19NO5. The highest BCUT2D eigenvalue weighted by Crippen LogP contribution is 2.29. The van der Waals surface area contributed by atoms with E-state index in [0.29, 0.717) is 17.2 Å². The topological polar surface area (TPSA) is 84.9 Å². The Balaban J connectivity index is 2.68. The normalized spacial score (nSPS) is 11.6. The number of carbonyl (C=O) groups is 2. The number of carboxylic acid groups (broad SMARTS) is 1. The summed E-state index contributed by atoms with van der Waals surface area (Å²) in [6, 6.07) is 5.05. The number of hydrogen-bond acceptors (Lipinski definition) is 4. The van der Waals surface area contributed by atoms with Gasteiger partial charge in [0.25, 0.3) is 0 Å². The molecule has 6 heteroatoms. The first-order valence-electron chi connectivity index (χ1n) is 6.20. The second kappa shape index (κ2) is 7.37. The first-order valence-corrected chi connectivity index (χ1v) is 6.20. The molecular weight excluding hydrogens is 262 g/mol. The van der Waals surface area contributed by atoms with Crippen molar-refractivity contribution in [2.45, 2.75) is 19.8 Å². The molecule has 0 unspecified atom stereocenters. The van der Waals surface area contributed by atoms with Gasteiger partial charge in [0.15, 0.2) is 0 Å². The monoisotopic (exact) mass is 281 g/mol. The van der Waals surface area contributed by atoms with Gasteiger partial charge in [0.1, 0.15) is 11.5 Å². The lowest BCUT2D eigenvalue weighted by Crippen LogP contribution is -2.17. The number of ether oxygens (including phenoxy) is 2. The number of methoxy groups -OCH3 is 2. The number of carboxylic acids is 1. The molecule has 0 aliphatic heterocycles. The lowest BCUT2D eigenvalue weighted by Gasteiger charge is -2.13. The van der Waals surface area contributed by atoms with Gasteiger partial charge in [-0.2, -0.15) is 0 Å². The van der Waals surface area contributed by atoms with E-state index in [4.69, 9.17) is 14.6 Å². The first kappa shape index (κ1) is 15.8. The van der Waals surface area contributed by atoms with Crippen LogP contribution in [-0.2, 0) is 9.59 Å². The lowest BCUT2D eigenvalue weighted by atomic mass is 10.0. The van der Waals surface area contributed by atoms with Crippen molar-refractivity contribution in [2.24, 2.45) is 5.92 Å². The van der Waals surface area contributed by atoms with Crippen molar-refractivity contribution in [3.63, 3.8) is 0 Å². The van der Waals surface area contributed by atoms with Gasteiger partial charge in [0.2, 0.25) is 5.91 Å². The Hall–Kier alpha value is -2.24. The number of anilines is 1. The maximum atomic E-state index is 11.8. The number of hydrogen-bond donors (Lipinski definition) is 2. The predicted octanol–water partition coefficient (Wildman–Crippen LogP) is 2.14. The van der Waals surface area contributed by atoms with E-state index in [1.54, 1.807) is 32.2 Å². The molecule has 110 valence electrons. The molecule has 1 atom stereocenters. The van der Waals surface area contributed by atoms with Gasteiger partial charge in [-0.05, 0) is 18.1 Å². The molecule has 6 nitrogen and oxygen atoms in total. The first-order chi connectivity index (χ1) is 9.46. The molecule has 0 aliphatic carbocycles. The number of carbonyl (C=O) groups excluding carboxylic acids is 1. The van der Waals surface area contributed by atoms with Crippen LogP contribution in [0.3, 0.4) is 0 Å². The third-order valence-corrected chi connectivity index (χ3v) is 2.74. The number of nitrogens with one attached hydrogen (secondary N) is 1. The second-order valence-corrected chi connectivity index (χ2v) is 4.52. The maximum Gasteiger partial charge on any atom is 0.303 e. The molecule has 0 heterocycles. The second-order valence-electron chi connectivity index (χ2n) is 4.52. The van der Waals surface area contributed by atoms with Crippen LogP contribution in [0.5, 0.6) is 11.5 Å². The number of aliphatic carboxylic acids is 1. The fraction of sp³-hybridized carbons (Fsp3) is 0.429. The van der Waals surface area contributed by atoms with Crippen molar-refractivity contribution in [1.29, 1.82) is 0 Å². The largest absolute Gasteiger partial charge is 0.497 e. The quantitative estimate of drug-likeness (QED) is 0.800. The van der Waals surface area contributed by atoms with E-state index in [1.165, 1.54) is 7.11 Å². The molecule has 1 amide bonds. The van der Waals surface area contributed by atoms with E-state index in [-0.39, 0.29) is 24.7 Å². The summed E-state index contributed by atoms with van der Waals surface area (Å²) in [5.74, 6) is -0.269. The van der Waals surface area contributed by atoms with Gasteiger partial charge in [-0.25, -0.2) is 0 Å². The highest BCUT2D eigenvalue weighted by atomic mass is 16.5. The molecule has 0 radical (unpaired) electrons. The van der Waals surface area contributed by atoms with Crippen LogP contribution < -0.4 is 14.8 Å². The highest BCUT2D eigenvalue weighted by molar-refractivity contribution is 5.92. The van der Waals surface area contributed by atoms with Crippen molar-refractivity contribution in [3.8, 4) is 11.5 Å². The summed E-state index contributed by atoms with van der Waals surface area (Å²) in [6.07, 6.45) is 0.106. The third kappa shape index (κ3) is 4.79. The van der Waals surface area contributed by atoms with E-state index in [0.717, 1.165) is 0 Å². The molecule has 0 aromatic heterocycles. The van der Waals surface area contributed by atoms with Crippen molar-refractivity contribution in [2.75, 3.05) is 19.5 Å². The van der Waals surface area contributed by atoms with Crippen LogP contribution in [0.15, 0.2) is 18.2 Å². The molecule has 0 aliphatic rings. The lowest BCUT2D eigenvalue weighted by molar-refractivity contribution is -0.138. The summed E-state index contributed by atoms with van der Waals surface area (Å²) in [5, 5.41) is 11.4. The van der Waals surface area contributed by atoms with Gasteiger partial charge in [-0.1, -0.05) is 6.92 Å². The Morgan fingerprint density at radius 3 is 2.50 bits per heavy atom. The van der Waals surface area contributed by atoms with Gasteiger partial charge in [0.05, 0.1) is 19.9 Å². The maximum absolute atomic E-state index is 11.8. The molecule has 0 saturated carbocycles. The summed E-state index contributed by atoms with van der Waals surface area (Å²) >= 11 is 0. The number of amides is 1. The molecule has 20 heavy (non-hydrogen) atoms. The smallest absolute Gasteiger partial charge is 0.303 e. The van der Waals surface area contributed by atoms with E-state index < -0.39 is 5.97 Å². The summed E-state index contributed by atoms with van der Waals surface area (Å²) in [6.45, 7) is 1.72. The van der Waals surface area contributed by atoms with Crippen molar-refractivity contribution in [3.05, 3.63) is 18.2 Å². The van der Waals surface area contributed by atoms with E-state index >= 15 is 0 Å². The van der Waals surface area contributed by atoms with Gasteiger partial charge in [-0.3, -0.25) is 9.59 Å². The summed E-state index contributed by atoms with van der Waals surface area (Å²) in [4.78, 5) is 22.4. The van der Waals surface area contributed by atoms with Crippen LogP contribution in [0.25, 0.3) is 0 Å². The van der Waals surface area contributed by atoms with E-state index in [1.807, 2.05) is 0 Å². The molecule has 0 fully saturated rings. The average Bonchev–Trinajstić information content (AvgIpc) is 2.37. The van der Waals surface area contributed by atoms with E-state index in [9.17, 15) is 9.59 Å². The molecule has 0 saturated heterocycles. The Bertz CT molecular complexity index is 486. The Morgan fingerprint density at radius 1 is 1.25 bits per heavy atom. The van der Waals surface area contributed by atoms with Crippen LogP contribution in [-0.4, -0.2) is 31.2 Å². The van der Waals surface area contributed by atoms with Crippen molar-refractivity contribution < 1.29 is 24.2 Å². The van der Waals surface area contributed by atoms with Crippen LogP contribution in [0.4, 0.5) is 5.69 Å². The zero-order valence-corrected chi connectivity index (χ0v) is 11.8. The fourth-order valence-corrected chi connectivity index (χ4v) is 1.79. The molecule has 1 aromatic rings. The highest BCUT2D eigenvalue weighted by Gasteiger charge is 2.14. The van der Waals surface area contributed by atoms with Crippen LogP contribution in [0.1, 0.15) is 19.8 Å². The minimum Gasteiger partial charge on any atom is -0.497 e. The van der Waals surface area contributed by atoms with Crippen molar-refractivity contribution in [1.82, 2.24) is 0 Å². The summed E-state index contributed by atoms with van der Waals surface area (Å²) in [7, 11) is 3.04. The zero-order chi connectivity index (χ0) is 15.1. The predicted molar refractivity (Wildman–Crippen MR) is 74.2 cm³/mol. The Kier molecular flexibility index (Phi) is 5.83. The SMILES string of the molecule is COc1ccc(NC(=O)C[C@H](C)CC(=O)O)c(OC)c1. The summed E-state index contributed by atoms with van der Waals surface area (Å²) in [5.41, 5.74) is 0.529. The van der Waals surface area contributed by atoms with Gasteiger partial charge in [-0.15, -0.1) is 0 Å². The fourth-order valence-electron chi connectivity index (χ4n) is 1.79. The van der Waals surface area contributed by atoms with Crippen LogP contribution in [0.2, 0.25) is 0 Å². The molecule has 0 spiro atoms. The zero-order valence-electron chi connectivity index (χ0n) is 11.8. The number of rotatable bonds is 7. The van der Waals surface area contributed by atoms with Crippen LogP contribution in [0, 0.1) is 5.92 Å². The minimum absolute atomic E-state index is 0.0346. The van der Waals surface area contributed by atoms with E-state index in [2.05, 4.69) is 5.32 Å². The Labute approximate surface area is 117 Å². The van der Waals surface area contributed by atoms with Gasteiger partial charge < -0.3 is 19.9 Å². The molecule has 1 rings (SSSR count). The van der Waals surface area contributed by atoms with Crippen LogP contribution >= 0.6 is 0 Å². The number of benzene rings is 1. The molecule has 0 bridgehead atoms. The Morgan fingerprint density at radius 2 is 1.95 bits per heavy atom. The standard InChI is InChI=1S/C14H19NO5/c1-9(7-14(17)18)6-13(16)15-11-5-4-10(19-2)8-12(11)20-3/h4-5,8-9H,6-7H2,1-3H3,(H,15,16)(H,17,18)/t9-/m0/s1. The third-order valence-electron chi connectivity index (χ3n) is 2.74. The molecule has 2 N–H and O–H groups in total. The average molecular weight is 281 g/mol. The van der Waals surface area contributed by atoms with Gasteiger partial charge >= 0.3 is 5.97 Å². The molecule has 1 aromatic carbocycles.